The van der Waals surface area contributed by atoms with Crippen molar-refractivity contribution in [3.05, 3.63) is 83.4 Å². The molecule has 0 saturated heterocycles. The number of aromatic nitrogens is 6. The molecule has 204 valence electrons. The average Bonchev–Trinajstić information content (AvgIpc) is 2.94. The number of hydrogen-bond acceptors (Lipinski definition) is 10. The van der Waals surface area contributed by atoms with E-state index in [0.29, 0.717) is 34.7 Å². The summed E-state index contributed by atoms with van der Waals surface area (Å²) in [6, 6.07) is 17.7. The molecule has 4 heterocycles. The summed E-state index contributed by atoms with van der Waals surface area (Å²) in [5.74, 6) is 1.49. The molecule has 0 unspecified atom stereocenters. The Hall–Kier alpha value is -5.00. The Balaban J connectivity index is 1.14. The summed E-state index contributed by atoms with van der Waals surface area (Å²) in [6.07, 6.45) is 4.08. The van der Waals surface area contributed by atoms with E-state index in [4.69, 9.17) is 11.5 Å². The molecule has 0 aliphatic heterocycles. The van der Waals surface area contributed by atoms with Crippen LogP contribution in [0.2, 0.25) is 0 Å². The van der Waals surface area contributed by atoms with Gasteiger partial charge in [-0.3, -0.25) is 9.59 Å². The van der Waals surface area contributed by atoms with E-state index in [1.165, 1.54) is 0 Å². The van der Waals surface area contributed by atoms with Gasteiger partial charge < -0.3 is 22.1 Å². The van der Waals surface area contributed by atoms with Crippen molar-refractivity contribution in [3.63, 3.8) is 0 Å². The molecule has 2 amide bonds. The Morgan fingerprint density at radius 2 is 1.15 bits per heavy atom. The Kier molecular flexibility index (Phi) is 8.14. The molecule has 0 aromatic carbocycles. The number of nitrogen functional groups attached to an aromatic ring is 2. The first-order valence-corrected chi connectivity index (χ1v) is 13.1. The first-order valence-electron chi connectivity index (χ1n) is 13.1. The predicted molar refractivity (Wildman–Crippen MR) is 150 cm³/mol. The molecule has 4 aromatic heterocycles. The number of hydrogen-bond donors (Lipinski definition) is 4. The van der Waals surface area contributed by atoms with Crippen LogP contribution in [-0.4, -0.2) is 42.2 Å². The molecule has 4 aromatic rings. The zero-order valence-electron chi connectivity index (χ0n) is 21.8. The highest BCUT2D eigenvalue weighted by molar-refractivity contribution is 5.91. The van der Waals surface area contributed by atoms with Crippen molar-refractivity contribution in [2.75, 3.05) is 22.1 Å². The monoisotopic (exact) mass is 538 g/mol. The highest BCUT2D eigenvalue weighted by Gasteiger charge is 2.27. The molecule has 1 aliphatic rings. The van der Waals surface area contributed by atoms with E-state index in [0.717, 1.165) is 37.1 Å². The summed E-state index contributed by atoms with van der Waals surface area (Å²) in [7, 11) is 0. The third-order valence-electron chi connectivity index (χ3n) is 6.76. The van der Waals surface area contributed by atoms with E-state index in [-0.39, 0.29) is 36.5 Å². The molecule has 2 atom stereocenters. The second-order valence-corrected chi connectivity index (χ2v) is 9.80. The minimum atomic E-state index is -0.238. The fourth-order valence-corrected chi connectivity index (χ4v) is 4.88. The Labute approximate surface area is 231 Å². The van der Waals surface area contributed by atoms with Crippen LogP contribution in [0.4, 0.5) is 23.3 Å². The Morgan fingerprint density at radius 3 is 1.55 bits per heavy atom. The van der Waals surface area contributed by atoms with Crippen LogP contribution in [0.1, 0.15) is 60.3 Å². The van der Waals surface area contributed by atoms with Crippen LogP contribution in [-0.2, 0) is 22.4 Å². The van der Waals surface area contributed by atoms with Crippen LogP contribution < -0.4 is 22.1 Å². The topological polar surface area (TPSA) is 188 Å². The maximum Gasteiger partial charge on any atom is 0.231 e. The number of pyridine rings is 2. The summed E-state index contributed by atoms with van der Waals surface area (Å²) in [5, 5.41) is 22.7. The van der Waals surface area contributed by atoms with E-state index in [1.807, 2.05) is 12.1 Å². The van der Waals surface area contributed by atoms with Crippen molar-refractivity contribution in [2.45, 2.75) is 50.4 Å². The zero-order valence-corrected chi connectivity index (χ0v) is 21.8. The van der Waals surface area contributed by atoms with Gasteiger partial charge in [-0.05, 0) is 67.8 Å². The molecule has 1 aliphatic carbocycles. The van der Waals surface area contributed by atoms with E-state index in [2.05, 4.69) is 41.0 Å². The quantitative estimate of drug-likeness (QED) is 0.260. The van der Waals surface area contributed by atoms with E-state index in [1.54, 1.807) is 48.5 Å². The molecule has 1 fully saturated rings. The molecular weight excluding hydrogens is 508 g/mol. The van der Waals surface area contributed by atoms with Crippen molar-refractivity contribution in [3.8, 4) is 0 Å². The van der Waals surface area contributed by atoms with Crippen LogP contribution >= 0.6 is 0 Å². The summed E-state index contributed by atoms with van der Waals surface area (Å²) in [4.78, 5) is 33.0. The fourth-order valence-electron chi connectivity index (χ4n) is 4.88. The zero-order chi connectivity index (χ0) is 27.9. The normalized spacial score (nSPS) is 16.7. The van der Waals surface area contributed by atoms with Gasteiger partial charge in [0.05, 0.1) is 35.6 Å². The molecular formula is C28H30N10O2. The Morgan fingerprint density at radius 1 is 0.675 bits per heavy atom. The van der Waals surface area contributed by atoms with Gasteiger partial charge in [0.1, 0.15) is 11.6 Å². The standard InChI is InChI=1S/C28H30N10O2/c29-23-8-2-6-19(31-23)15-27(39)33-25-12-10-21(35-37-25)17-4-1-5-18(14-17)22-11-13-26(38-36-22)34-28(40)16-20-7-3-9-24(30)32-20/h2-3,6-13,17-18H,1,4-5,14-16H2,(H2,29,31)(H2,30,32)(H,33,37,39)(H,34,38,40)/t17-,18-/m0/s1. The predicted octanol–water partition coefficient (Wildman–Crippen LogP) is 3.02. The lowest BCUT2D eigenvalue weighted by Gasteiger charge is -2.28. The van der Waals surface area contributed by atoms with Gasteiger partial charge in [-0.25, -0.2) is 9.97 Å². The highest BCUT2D eigenvalue weighted by Crippen LogP contribution is 2.40. The average molecular weight is 539 g/mol. The van der Waals surface area contributed by atoms with Crippen LogP contribution in [0.3, 0.4) is 0 Å². The SMILES string of the molecule is Nc1cccc(CC(=O)Nc2ccc([C@H]3CCC[C@H](c4ccc(NC(=O)Cc5cccc(N)n5)nn4)C3)nn2)n1. The maximum atomic E-state index is 12.4. The number of amides is 2. The van der Waals surface area contributed by atoms with Crippen molar-refractivity contribution in [2.24, 2.45) is 0 Å². The number of carbonyl (C=O) groups is 2. The second-order valence-electron chi connectivity index (χ2n) is 9.80. The first kappa shape index (κ1) is 26.6. The molecule has 6 N–H and O–H groups in total. The smallest absolute Gasteiger partial charge is 0.231 e. The van der Waals surface area contributed by atoms with E-state index < -0.39 is 0 Å². The van der Waals surface area contributed by atoms with Crippen LogP contribution in [0.25, 0.3) is 0 Å². The molecule has 40 heavy (non-hydrogen) atoms. The van der Waals surface area contributed by atoms with E-state index in [9.17, 15) is 9.59 Å². The molecule has 0 bridgehead atoms. The second kappa shape index (κ2) is 12.2. The van der Waals surface area contributed by atoms with Crippen LogP contribution in [0.5, 0.6) is 0 Å². The number of nitrogens with zero attached hydrogens (tertiary/aromatic N) is 6. The third-order valence-corrected chi connectivity index (χ3v) is 6.76. The highest BCUT2D eigenvalue weighted by atomic mass is 16.2. The molecule has 1 saturated carbocycles. The minimum Gasteiger partial charge on any atom is -0.384 e. The summed E-state index contributed by atoms with van der Waals surface area (Å²) >= 11 is 0. The molecule has 12 nitrogen and oxygen atoms in total. The summed E-state index contributed by atoms with van der Waals surface area (Å²) in [6.45, 7) is 0. The lowest BCUT2D eigenvalue weighted by atomic mass is 9.78. The molecule has 0 radical (unpaired) electrons. The van der Waals surface area contributed by atoms with Gasteiger partial charge in [-0.1, -0.05) is 18.6 Å². The third kappa shape index (κ3) is 7.10. The van der Waals surface area contributed by atoms with Gasteiger partial charge >= 0.3 is 0 Å². The number of anilines is 4. The largest absolute Gasteiger partial charge is 0.384 e. The van der Waals surface area contributed by atoms with Gasteiger partial charge in [0.25, 0.3) is 0 Å². The molecule has 5 rings (SSSR count). The lowest BCUT2D eigenvalue weighted by molar-refractivity contribution is -0.116. The van der Waals surface area contributed by atoms with Crippen molar-refractivity contribution < 1.29 is 9.59 Å². The van der Waals surface area contributed by atoms with Gasteiger partial charge in [0, 0.05) is 11.8 Å². The Bertz CT molecular complexity index is 1370. The number of nitrogens with two attached hydrogens (primary N) is 2. The van der Waals surface area contributed by atoms with Gasteiger partial charge in [-0.15, -0.1) is 10.2 Å². The molecule has 0 spiro atoms. The summed E-state index contributed by atoms with van der Waals surface area (Å²) in [5.41, 5.74) is 14.3. The van der Waals surface area contributed by atoms with Crippen molar-refractivity contribution >= 4 is 35.1 Å². The first-order chi connectivity index (χ1) is 19.4. The number of rotatable bonds is 8. The maximum absolute atomic E-state index is 12.4. The van der Waals surface area contributed by atoms with Gasteiger partial charge in [0.2, 0.25) is 11.8 Å². The van der Waals surface area contributed by atoms with Gasteiger partial charge in [-0.2, -0.15) is 10.2 Å². The fraction of sp³-hybridized carbons (Fsp3) is 0.286. The van der Waals surface area contributed by atoms with Crippen LogP contribution in [0.15, 0.2) is 60.7 Å². The molecule has 12 heteroatoms. The van der Waals surface area contributed by atoms with Gasteiger partial charge in [0.15, 0.2) is 11.6 Å². The minimum absolute atomic E-state index is 0.0989. The lowest BCUT2D eigenvalue weighted by Crippen LogP contribution is -2.19. The number of carbonyl (C=O) groups excluding carboxylic acids is 2. The summed E-state index contributed by atoms with van der Waals surface area (Å²) < 4.78 is 0. The van der Waals surface area contributed by atoms with Crippen molar-refractivity contribution in [1.82, 2.24) is 30.4 Å². The number of nitrogens with one attached hydrogen (secondary N) is 2. The van der Waals surface area contributed by atoms with E-state index >= 15 is 0 Å². The van der Waals surface area contributed by atoms with Crippen molar-refractivity contribution in [1.29, 1.82) is 0 Å². The van der Waals surface area contributed by atoms with Crippen LogP contribution in [0, 0.1) is 0 Å².